The first-order valence-corrected chi connectivity index (χ1v) is 12.9. The van der Waals surface area contributed by atoms with Gasteiger partial charge in [0.05, 0.1) is 12.5 Å². The Morgan fingerprint density at radius 1 is 0.919 bits per heavy atom. The molecule has 2 heterocycles. The minimum atomic E-state index is -0.788. The van der Waals surface area contributed by atoms with Gasteiger partial charge in [-0.2, -0.15) is 0 Å². The highest BCUT2D eigenvalue weighted by atomic mass is 16.5. The summed E-state index contributed by atoms with van der Waals surface area (Å²) in [5.41, 5.74) is 8.20. The van der Waals surface area contributed by atoms with Crippen LogP contribution in [0.25, 0.3) is 33.4 Å². The lowest BCUT2D eigenvalue weighted by Crippen LogP contribution is -2.20. The number of aromatic nitrogens is 1. The van der Waals surface area contributed by atoms with Crippen molar-refractivity contribution in [1.82, 2.24) is 4.98 Å². The molecule has 0 radical (unpaired) electrons. The van der Waals surface area contributed by atoms with Gasteiger partial charge in [-0.25, -0.2) is 0 Å². The fraction of sp³-hybridized carbons (Fsp3) is 0.273. The van der Waals surface area contributed by atoms with Gasteiger partial charge in [0, 0.05) is 18.0 Å². The van der Waals surface area contributed by atoms with E-state index in [1.54, 1.807) is 6.20 Å². The largest absolute Gasteiger partial charge is 0.493 e. The van der Waals surface area contributed by atoms with Gasteiger partial charge in [0.1, 0.15) is 5.75 Å². The number of nitrogens with zero attached hydrogens (tertiary/aromatic N) is 1. The van der Waals surface area contributed by atoms with Gasteiger partial charge in [0.2, 0.25) is 0 Å². The van der Waals surface area contributed by atoms with Gasteiger partial charge in [-0.05, 0) is 94.0 Å². The Morgan fingerprint density at radius 3 is 2.38 bits per heavy atom. The molecule has 1 aliphatic heterocycles. The summed E-state index contributed by atoms with van der Waals surface area (Å²) in [6.45, 7) is 7.03. The van der Waals surface area contributed by atoms with Gasteiger partial charge < -0.3 is 9.84 Å². The van der Waals surface area contributed by atoms with Crippen molar-refractivity contribution in [3.05, 3.63) is 96.3 Å². The van der Waals surface area contributed by atoms with Crippen molar-refractivity contribution in [2.24, 2.45) is 5.41 Å². The van der Waals surface area contributed by atoms with Crippen molar-refractivity contribution < 1.29 is 14.6 Å². The summed E-state index contributed by atoms with van der Waals surface area (Å²) in [5, 5.41) is 10.3. The number of hydrogen-bond donors (Lipinski definition) is 1. The molecule has 0 aliphatic carbocycles. The molecular weight excluding hydrogens is 458 g/mol. The summed E-state index contributed by atoms with van der Waals surface area (Å²) in [6, 6.07) is 24.9. The fourth-order valence-corrected chi connectivity index (χ4v) is 5.17. The molecule has 1 N–H and O–H groups in total. The molecule has 1 atom stereocenters. The highest BCUT2D eigenvalue weighted by Gasteiger charge is 2.29. The third-order valence-corrected chi connectivity index (χ3v) is 6.95. The van der Waals surface area contributed by atoms with E-state index in [1.165, 1.54) is 5.56 Å². The molecule has 0 amide bonds. The first kappa shape index (κ1) is 24.8. The first-order chi connectivity index (χ1) is 17.8. The zero-order valence-electron chi connectivity index (χ0n) is 21.7. The number of ether oxygens (including phenoxy) is 1. The zero-order chi connectivity index (χ0) is 26.0. The van der Waals surface area contributed by atoms with E-state index >= 15 is 0 Å². The van der Waals surface area contributed by atoms with Crippen LogP contribution in [0.2, 0.25) is 0 Å². The van der Waals surface area contributed by atoms with Crippen LogP contribution in [-0.4, -0.2) is 22.7 Å². The van der Waals surface area contributed by atoms with E-state index in [1.807, 2.05) is 24.4 Å². The summed E-state index contributed by atoms with van der Waals surface area (Å²) in [6.07, 6.45) is 6.16. The smallest absolute Gasteiger partial charge is 0.311 e. The van der Waals surface area contributed by atoms with Crippen molar-refractivity contribution in [1.29, 1.82) is 0 Å². The number of hydrogen-bond acceptors (Lipinski definition) is 3. The molecule has 188 valence electrons. The van der Waals surface area contributed by atoms with Gasteiger partial charge >= 0.3 is 5.97 Å². The molecule has 0 spiro atoms. The Morgan fingerprint density at radius 2 is 1.65 bits per heavy atom. The lowest BCUT2D eigenvalue weighted by molar-refractivity contribution is -0.139. The molecule has 3 aromatic carbocycles. The van der Waals surface area contributed by atoms with Crippen LogP contribution in [0, 0.1) is 5.41 Å². The van der Waals surface area contributed by atoms with Gasteiger partial charge in [0.25, 0.3) is 0 Å². The summed E-state index contributed by atoms with van der Waals surface area (Å²) in [5.74, 6) is -0.455. The standard InChI is InChI=1S/C33H33NO3/c1-33(2,3)20-30(32(35)36)28-13-11-24(22-7-4-8-23(17-22)27-9-5-15-34-21-27)19-29(28)25-12-14-31-26(18-25)10-6-16-37-31/h4-5,7-9,11-15,17-19,21,30H,6,10,16,20H2,1-3H3,(H,35,36). The maximum absolute atomic E-state index is 12.5. The third-order valence-electron chi connectivity index (χ3n) is 6.95. The second kappa shape index (κ2) is 10.2. The SMILES string of the molecule is CC(C)(C)CC(C(=O)O)c1ccc(-c2cccc(-c3cccnc3)c2)cc1-c1ccc2c(c1)CCCO2. The number of fused-ring (bicyclic) bond motifs is 1. The minimum absolute atomic E-state index is 0.124. The second-order valence-electron chi connectivity index (χ2n) is 11.1. The van der Waals surface area contributed by atoms with Crippen molar-refractivity contribution in [2.75, 3.05) is 6.61 Å². The maximum Gasteiger partial charge on any atom is 0.311 e. The summed E-state index contributed by atoms with van der Waals surface area (Å²) in [7, 11) is 0. The van der Waals surface area contributed by atoms with Crippen molar-refractivity contribution in [2.45, 2.75) is 46.0 Å². The van der Waals surface area contributed by atoms with E-state index in [2.05, 4.69) is 80.4 Å². The Balaban J connectivity index is 1.65. The molecule has 1 aromatic heterocycles. The molecule has 5 rings (SSSR count). The van der Waals surface area contributed by atoms with Crippen LogP contribution in [0.15, 0.2) is 85.2 Å². The molecule has 4 heteroatoms. The molecule has 4 aromatic rings. The number of aliphatic carboxylic acids is 1. The fourth-order valence-electron chi connectivity index (χ4n) is 5.17. The molecular formula is C33H33NO3. The molecule has 0 fully saturated rings. The van der Waals surface area contributed by atoms with Crippen molar-refractivity contribution in [3.63, 3.8) is 0 Å². The highest BCUT2D eigenvalue weighted by Crippen LogP contribution is 2.40. The van der Waals surface area contributed by atoms with E-state index in [0.717, 1.165) is 64.1 Å². The van der Waals surface area contributed by atoms with Crippen LogP contribution in [-0.2, 0) is 11.2 Å². The number of benzene rings is 3. The predicted octanol–water partition coefficient (Wildman–Crippen LogP) is 8.01. The molecule has 0 saturated carbocycles. The Bertz CT molecular complexity index is 1420. The Labute approximate surface area is 219 Å². The van der Waals surface area contributed by atoms with E-state index < -0.39 is 11.9 Å². The second-order valence-corrected chi connectivity index (χ2v) is 11.1. The van der Waals surface area contributed by atoms with Crippen molar-refractivity contribution >= 4 is 5.97 Å². The van der Waals surface area contributed by atoms with Crippen LogP contribution >= 0.6 is 0 Å². The Kier molecular flexibility index (Phi) is 6.84. The monoisotopic (exact) mass is 491 g/mol. The summed E-state index contributed by atoms with van der Waals surface area (Å²) < 4.78 is 5.85. The van der Waals surface area contributed by atoms with Crippen LogP contribution in [0.4, 0.5) is 0 Å². The van der Waals surface area contributed by atoms with Crippen molar-refractivity contribution in [3.8, 4) is 39.1 Å². The van der Waals surface area contributed by atoms with Gasteiger partial charge in [-0.15, -0.1) is 0 Å². The minimum Gasteiger partial charge on any atom is -0.493 e. The third kappa shape index (κ3) is 5.59. The number of pyridine rings is 1. The van der Waals surface area contributed by atoms with Gasteiger partial charge in [-0.1, -0.05) is 63.2 Å². The number of aryl methyl sites for hydroxylation is 1. The van der Waals surface area contributed by atoms with E-state index in [0.29, 0.717) is 6.42 Å². The molecule has 1 aliphatic rings. The van der Waals surface area contributed by atoms with Crippen LogP contribution in [0.1, 0.15) is 50.7 Å². The average molecular weight is 492 g/mol. The average Bonchev–Trinajstić information content (AvgIpc) is 2.91. The van der Waals surface area contributed by atoms with E-state index in [9.17, 15) is 9.90 Å². The molecule has 0 bridgehead atoms. The van der Waals surface area contributed by atoms with Crippen LogP contribution in [0.3, 0.4) is 0 Å². The zero-order valence-corrected chi connectivity index (χ0v) is 21.7. The molecule has 1 unspecified atom stereocenters. The van der Waals surface area contributed by atoms with E-state index in [-0.39, 0.29) is 5.41 Å². The highest BCUT2D eigenvalue weighted by molar-refractivity contribution is 5.84. The quantitative estimate of drug-likeness (QED) is 0.297. The van der Waals surface area contributed by atoms with E-state index in [4.69, 9.17) is 4.74 Å². The predicted molar refractivity (Wildman–Crippen MR) is 149 cm³/mol. The molecule has 37 heavy (non-hydrogen) atoms. The lowest BCUT2D eigenvalue weighted by atomic mass is 9.78. The number of rotatable bonds is 6. The van der Waals surface area contributed by atoms with Gasteiger partial charge in [0.15, 0.2) is 0 Å². The first-order valence-electron chi connectivity index (χ1n) is 12.9. The normalized spacial score (nSPS) is 13.9. The number of carboxylic acids is 1. The molecule has 4 nitrogen and oxygen atoms in total. The topological polar surface area (TPSA) is 59.4 Å². The molecule has 0 saturated heterocycles. The van der Waals surface area contributed by atoms with Gasteiger partial charge in [-0.3, -0.25) is 9.78 Å². The lowest BCUT2D eigenvalue weighted by Gasteiger charge is -2.26. The summed E-state index contributed by atoms with van der Waals surface area (Å²) in [4.78, 5) is 16.8. The maximum atomic E-state index is 12.5. The summed E-state index contributed by atoms with van der Waals surface area (Å²) >= 11 is 0. The van der Waals surface area contributed by atoms with Crippen LogP contribution in [0.5, 0.6) is 5.75 Å². The Hall–Kier alpha value is -3.92. The number of carbonyl (C=O) groups is 1. The number of carboxylic acid groups (broad SMARTS) is 1. The van der Waals surface area contributed by atoms with Crippen LogP contribution < -0.4 is 4.74 Å².